The van der Waals surface area contributed by atoms with Crippen molar-refractivity contribution in [2.75, 3.05) is 6.61 Å². The van der Waals surface area contributed by atoms with E-state index in [1.54, 1.807) is 13.1 Å². The second-order valence-electron chi connectivity index (χ2n) is 7.94. The van der Waals surface area contributed by atoms with Gasteiger partial charge in [0, 0.05) is 31.1 Å². The van der Waals surface area contributed by atoms with Gasteiger partial charge in [0.05, 0.1) is 11.1 Å². The van der Waals surface area contributed by atoms with E-state index in [-0.39, 0.29) is 16.5 Å². The summed E-state index contributed by atoms with van der Waals surface area (Å²) in [6, 6.07) is 8.72. The van der Waals surface area contributed by atoms with Gasteiger partial charge in [-0.2, -0.15) is 0 Å². The first-order valence-electron chi connectivity index (χ1n) is 9.08. The minimum Gasteiger partial charge on any atom is -0.476 e. The van der Waals surface area contributed by atoms with Gasteiger partial charge in [0.15, 0.2) is 10.7 Å². The van der Waals surface area contributed by atoms with E-state index in [9.17, 15) is 14.7 Å². The molecule has 0 aliphatic carbocycles. The van der Waals surface area contributed by atoms with E-state index in [0.717, 1.165) is 28.3 Å². The topological polar surface area (TPSA) is 81.4 Å². The van der Waals surface area contributed by atoms with Crippen LogP contribution in [0.2, 0.25) is 25.7 Å². The molecule has 0 radical (unpaired) electrons. The summed E-state index contributed by atoms with van der Waals surface area (Å²) in [5.41, 5.74) is 1.35. The normalized spacial score (nSPS) is 11.9. The van der Waals surface area contributed by atoms with Crippen molar-refractivity contribution in [2.24, 2.45) is 0 Å². The molecule has 6 nitrogen and oxygen atoms in total. The largest absolute Gasteiger partial charge is 0.476 e. The Kier molecular flexibility index (Phi) is 5.83. The first-order chi connectivity index (χ1) is 13.2. The fourth-order valence-electron chi connectivity index (χ4n) is 2.88. The van der Waals surface area contributed by atoms with Gasteiger partial charge in [-0.15, -0.1) is 11.3 Å². The van der Waals surface area contributed by atoms with Crippen molar-refractivity contribution < 1.29 is 19.4 Å². The SMILES string of the molecule is Cc1sc(C(=O)c2cn(COCC[Si](C)(C)C)c3ccccc23)nc1C(=O)O. The van der Waals surface area contributed by atoms with Crippen molar-refractivity contribution in [1.82, 2.24) is 9.55 Å². The van der Waals surface area contributed by atoms with Gasteiger partial charge >= 0.3 is 5.97 Å². The minimum atomic E-state index is -1.16. The number of fused-ring (bicyclic) bond motifs is 1. The van der Waals surface area contributed by atoms with Crippen molar-refractivity contribution in [2.45, 2.75) is 39.3 Å². The summed E-state index contributed by atoms with van der Waals surface area (Å²) in [6.07, 6.45) is 1.78. The molecule has 2 aromatic heterocycles. The molecular formula is C20H24N2O4SSi. The molecule has 0 spiro atoms. The smallest absolute Gasteiger partial charge is 0.355 e. The highest BCUT2D eigenvalue weighted by Crippen LogP contribution is 2.27. The summed E-state index contributed by atoms with van der Waals surface area (Å²) < 4.78 is 7.77. The molecule has 0 amide bonds. The molecular weight excluding hydrogens is 392 g/mol. The van der Waals surface area contributed by atoms with Crippen LogP contribution in [-0.4, -0.2) is 41.1 Å². The van der Waals surface area contributed by atoms with E-state index in [2.05, 4.69) is 24.6 Å². The number of rotatable bonds is 8. The molecule has 0 bridgehead atoms. The summed E-state index contributed by atoms with van der Waals surface area (Å²) in [5.74, 6) is -1.39. The average Bonchev–Trinajstić information content (AvgIpc) is 3.19. The Hall–Kier alpha value is -2.29. The van der Waals surface area contributed by atoms with Crippen LogP contribution in [0.15, 0.2) is 30.5 Å². The van der Waals surface area contributed by atoms with Crippen molar-refractivity contribution in [3.8, 4) is 0 Å². The lowest BCUT2D eigenvalue weighted by Gasteiger charge is -2.15. The molecule has 3 aromatic rings. The molecule has 148 valence electrons. The molecule has 0 aliphatic heterocycles. The molecule has 1 N–H and O–H groups in total. The molecule has 0 fully saturated rings. The van der Waals surface area contributed by atoms with E-state index < -0.39 is 14.0 Å². The number of ketones is 1. The third-order valence-electron chi connectivity index (χ3n) is 4.45. The van der Waals surface area contributed by atoms with Gasteiger partial charge in [-0.25, -0.2) is 9.78 Å². The molecule has 0 unspecified atom stereocenters. The molecule has 0 saturated heterocycles. The highest BCUT2D eigenvalue weighted by atomic mass is 32.1. The molecule has 8 heteroatoms. The number of ether oxygens (including phenoxy) is 1. The predicted octanol–water partition coefficient (Wildman–Crippen LogP) is 4.65. The van der Waals surface area contributed by atoms with Crippen LogP contribution in [-0.2, 0) is 11.5 Å². The molecule has 1 aromatic carbocycles. The van der Waals surface area contributed by atoms with E-state index in [1.807, 2.05) is 28.8 Å². The maximum Gasteiger partial charge on any atom is 0.355 e. The van der Waals surface area contributed by atoms with Gasteiger partial charge < -0.3 is 14.4 Å². The second kappa shape index (κ2) is 7.98. The van der Waals surface area contributed by atoms with Crippen LogP contribution in [0.25, 0.3) is 10.9 Å². The molecule has 28 heavy (non-hydrogen) atoms. The van der Waals surface area contributed by atoms with Crippen LogP contribution >= 0.6 is 11.3 Å². The summed E-state index contributed by atoms with van der Waals surface area (Å²) in [6.45, 7) is 9.64. The number of aromatic nitrogens is 2. The van der Waals surface area contributed by atoms with Gasteiger partial charge in [-0.3, -0.25) is 4.79 Å². The standard InChI is InChI=1S/C20H24N2O4SSi/c1-13-17(20(24)25)21-19(27-13)18(23)15-11-22(12-26-9-10-28(2,3)4)16-8-6-5-7-14(15)16/h5-8,11H,9-10,12H2,1-4H3,(H,24,25). The highest BCUT2D eigenvalue weighted by Gasteiger charge is 2.23. The zero-order chi connectivity index (χ0) is 20.5. The van der Waals surface area contributed by atoms with Crippen molar-refractivity contribution in [3.63, 3.8) is 0 Å². The number of carboxylic acids is 1. The third kappa shape index (κ3) is 4.40. The van der Waals surface area contributed by atoms with Gasteiger partial charge in [0.25, 0.3) is 0 Å². The number of benzene rings is 1. The van der Waals surface area contributed by atoms with Crippen LogP contribution in [0.1, 0.15) is 30.7 Å². The van der Waals surface area contributed by atoms with Crippen molar-refractivity contribution in [1.29, 1.82) is 0 Å². The van der Waals surface area contributed by atoms with Crippen LogP contribution in [0.3, 0.4) is 0 Å². The van der Waals surface area contributed by atoms with Crippen molar-refractivity contribution in [3.05, 3.63) is 51.6 Å². The zero-order valence-electron chi connectivity index (χ0n) is 16.5. The molecule has 2 heterocycles. The van der Waals surface area contributed by atoms with E-state index in [1.165, 1.54) is 0 Å². The number of carboxylic acid groups (broad SMARTS) is 1. The van der Waals surface area contributed by atoms with E-state index in [0.29, 0.717) is 23.8 Å². The zero-order valence-corrected chi connectivity index (χ0v) is 18.3. The highest BCUT2D eigenvalue weighted by molar-refractivity contribution is 7.14. The Labute approximate surface area is 168 Å². The molecule has 0 atom stereocenters. The van der Waals surface area contributed by atoms with Crippen LogP contribution in [0.4, 0.5) is 0 Å². The third-order valence-corrected chi connectivity index (χ3v) is 7.13. The number of hydrogen-bond acceptors (Lipinski definition) is 5. The Morgan fingerprint density at radius 3 is 2.61 bits per heavy atom. The summed E-state index contributed by atoms with van der Waals surface area (Å²) in [7, 11) is -1.16. The number of hydrogen-bond donors (Lipinski definition) is 1. The number of carbonyl (C=O) groups is 2. The Morgan fingerprint density at radius 2 is 1.96 bits per heavy atom. The van der Waals surface area contributed by atoms with E-state index >= 15 is 0 Å². The number of aryl methyl sites for hydroxylation is 1. The first-order valence-corrected chi connectivity index (χ1v) is 13.6. The Bertz CT molecular complexity index is 1030. The number of aromatic carboxylic acids is 1. The minimum absolute atomic E-state index is 0.0632. The fourth-order valence-corrected chi connectivity index (χ4v) is 4.50. The summed E-state index contributed by atoms with van der Waals surface area (Å²) in [5, 5.41) is 10.2. The maximum absolute atomic E-state index is 13.0. The number of para-hydroxylation sites is 1. The fraction of sp³-hybridized carbons (Fsp3) is 0.350. The van der Waals surface area contributed by atoms with Crippen molar-refractivity contribution >= 4 is 42.1 Å². The molecule has 0 saturated carbocycles. The molecule has 3 rings (SSSR count). The lowest BCUT2D eigenvalue weighted by Crippen LogP contribution is -2.21. The lowest BCUT2D eigenvalue weighted by molar-refractivity contribution is 0.0690. The monoisotopic (exact) mass is 416 g/mol. The van der Waals surface area contributed by atoms with E-state index in [4.69, 9.17) is 4.74 Å². The van der Waals surface area contributed by atoms with Crippen LogP contribution < -0.4 is 0 Å². The quantitative estimate of drug-likeness (QED) is 0.328. The summed E-state index contributed by atoms with van der Waals surface area (Å²) >= 11 is 1.11. The van der Waals surface area contributed by atoms with Gasteiger partial charge in [-0.1, -0.05) is 37.8 Å². The number of nitrogens with zero attached hydrogens (tertiary/aromatic N) is 2. The lowest BCUT2D eigenvalue weighted by atomic mass is 10.1. The first kappa shape index (κ1) is 20.4. The van der Waals surface area contributed by atoms with Gasteiger partial charge in [0.2, 0.25) is 5.78 Å². The number of carbonyl (C=O) groups excluding carboxylic acids is 1. The average molecular weight is 417 g/mol. The van der Waals surface area contributed by atoms with Gasteiger partial charge in [-0.05, 0) is 19.0 Å². The molecule has 0 aliphatic rings. The van der Waals surface area contributed by atoms with Crippen LogP contribution in [0, 0.1) is 6.92 Å². The second-order valence-corrected chi connectivity index (χ2v) is 14.8. The van der Waals surface area contributed by atoms with Crippen LogP contribution in [0.5, 0.6) is 0 Å². The predicted molar refractivity (Wildman–Crippen MR) is 113 cm³/mol. The maximum atomic E-state index is 13.0. The number of thiazole rings is 1. The Balaban J connectivity index is 1.88. The Morgan fingerprint density at radius 1 is 1.25 bits per heavy atom. The summed E-state index contributed by atoms with van der Waals surface area (Å²) in [4.78, 5) is 28.8. The van der Waals surface area contributed by atoms with Gasteiger partial charge in [0.1, 0.15) is 6.73 Å².